The van der Waals surface area contributed by atoms with E-state index in [1.54, 1.807) is 37.3 Å². The quantitative estimate of drug-likeness (QED) is 0.769. The first-order valence-electron chi connectivity index (χ1n) is 5.14. The summed E-state index contributed by atoms with van der Waals surface area (Å²) in [5.74, 6) is 1.68. The Hall–Kier alpha value is -1.95. The molecule has 0 atom stereocenters. The molecular formula is C11H14N2O4. The Morgan fingerprint density at radius 2 is 2.18 bits per heavy atom. The molecule has 0 saturated heterocycles. The van der Waals surface area contributed by atoms with Crippen molar-refractivity contribution in [3.63, 3.8) is 0 Å². The van der Waals surface area contributed by atoms with Crippen LogP contribution in [-0.2, 0) is 4.79 Å². The van der Waals surface area contributed by atoms with Crippen LogP contribution in [0.3, 0.4) is 0 Å². The number of ether oxygens (including phenoxy) is 3. The van der Waals surface area contributed by atoms with Gasteiger partial charge in [-0.05, 0) is 12.1 Å². The molecule has 0 aromatic heterocycles. The SMILES string of the molecule is CN(C)NC(=O)COc1ccc2c(c1)OCO2. The van der Waals surface area contributed by atoms with Crippen molar-refractivity contribution in [2.45, 2.75) is 0 Å². The number of hydrogen-bond acceptors (Lipinski definition) is 5. The lowest BCUT2D eigenvalue weighted by molar-refractivity contribution is -0.126. The summed E-state index contributed by atoms with van der Waals surface area (Å²) in [6.45, 7) is 0.178. The number of hydrogen-bond donors (Lipinski definition) is 1. The van der Waals surface area contributed by atoms with Gasteiger partial charge < -0.3 is 14.2 Å². The van der Waals surface area contributed by atoms with Gasteiger partial charge in [0.25, 0.3) is 5.91 Å². The van der Waals surface area contributed by atoms with E-state index in [1.165, 1.54) is 0 Å². The van der Waals surface area contributed by atoms with E-state index in [0.717, 1.165) is 0 Å². The van der Waals surface area contributed by atoms with E-state index >= 15 is 0 Å². The number of nitrogens with one attached hydrogen (secondary N) is 1. The topological polar surface area (TPSA) is 60.0 Å². The molecule has 0 bridgehead atoms. The van der Waals surface area contributed by atoms with Gasteiger partial charge in [-0.3, -0.25) is 10.2 Å². The lowest BCUT2D eigenvalue weighted by Gasteiger charge is -2.12. The van der Waals surface area contributed by atoms with Gasteiger partial charge in [-0.25, -0.2) is 5.01 Å². The van der Waals surface area contributed by atoms with E-state index in [4.69, 9.17) is 14.2 Å². The predicted molar refractivity (Wildman–Crippen MR) is 59.9 cm³/mol. The molecular weight excluding hydrogens is 224 g/mol. The molecule has 1 aromatic carbocycles. The monoisotopic (exact) mass is 238 g/mol. The molecule has 1 aliphatic heterocycles. The summed E-state index contributed by atoms with van der Waals surface area (Å²) in [6.07, 6.45) is 0. The van der Waals surface area contributed by atoms with Crippen molar-refractivity contribution >= 4 is 5.91 Å². The number of amides is 1. The van der Waals surface area contributed by atoms with Crippen molar-refractivity contribution in [1.82, 2.24) is 10.4 Å². The normalized spacial score (nSPS) is 12.6. The van der Waals surface area contributed by atoms with Crippen molar-refractivity contribution in [3.8, 4) is 17.2 Å². The van der Waals surface area contributed by atoms with Crippen molar-refractivity contribution < 1.29 is 19.0 Å². The van der Waals surface area contributed by atoms with Crippen LogP contribution in [0.25, 0.3) is 0 Å². The average molecular weight is 238 g/mol. The maximum absolute atomic E-state index is 11.3. The number of fused-ring (bicyclic) bond motifs is 1. The summed E-state index contributed by atoms with van der Waals surface area (Å²) < 4.78 is 15.7. The number of benzene rings is 1. The highest BCUT2D eigenvalue weighted by molar-refractivity contribution is 5.76. The Balaban J connectivity index is 1.89. The Morgan fingerprint density at radius 3 is 2.94 bits per heavy atom. The Kier molecular flexibility index (Phi) is 3.34. The summed E-state index contributed by atoms with van der Waals surface area (Å²) in [7, 11) is 3.47. The van der Waals surface area contributed by atoms with Crippen molar-refractivity contribution in [3.05, 3.63) is 18.2 Å². The summed E-state index contributed by atoms with van der Waals surface area (Å²) >= 11 is 0. The lowest BCUT2D eigenvalue weighted by Crippen LogP contribution is -2.39. The zero-order valence-corrected chi connectivity index (χ0v) is 9.73. The fourth-order valence-corrected chi connectivity index (χ4v) is 1.40. The molecule has 0 saturated carbocycles. The number of hydrazine groups is 1. The molecule has 1 aromatic rings. The fraction of sp³-hybridized carbons (Fsp3) is 0.364. The molecule has 1 N–H and O–H groups in total. The van der Waals surface area contributed by atoms with Crippen LogP contribution >= 0.6 is 0 Å². The molecule has 0 aliphatic carbocycles. The second kappa shape index (κ2) is 4.92. The zero-order valence-electron chi connectivity index (χ0n) is 9.73. The predicted octanol–water partition coefficient (Wildman–Crippen LogP) is 0.387. The van der Waals surface area contributed by atoms with Gasteiger partial charge in [0, 0.05) is 20.2 Å². The zero-order chi connectivity index (χ0) is 12.3. The minimum Gasteiger partial charge on any atom is -0.484 e. The summed E-state index contributed by atoms with van der Waals surface area (Å²) in [6, 6.07) is 5.18. The van der Waals surface area contributed by atoms with E-state index in [0.29, 0.717) is 17.2 Å². The third-order valence-electron chi connectivity index (χ3n) is 2.06. The van der Waals surface area contributed by atoms with E-state index in [1.807, 2.05) is 0 Å². The Labute approximate surface area is 99.0 Å². The van der Waals surface area contributed by atoms with Crippen molar-refractivity contribution in [2.75, 3.05) is 27.5 Å². The second-order valence-electron chi connectivity index (χ2n) is 3.73. The van der Waals surface area contributed by atoms with Gasteiger partial charge in [-0.15, -0.1) is 0 Å². The molecule has 1 amide bonds. The fourth-order valence-electron chi connectivity index (χ4n) is 1.40. The molecule has 0 spiro atoms. The van der Waals surface area contributed by atoms with Crippen LogP contribution < -0.4 is 19.6 Å². The molecule has 6 nitrogen and oxygen atoms in total. The van der Waals surface area contributed by atoms with E-state index in [9.17, 15) is 4.79 Å². The molecule has 1 aliphatic rings. The van der Waals surface area contributed by atoms with Crippen molar-refractivity contribution in [1.29, 1.82) is 0 Å². The van der Waals surface area contributed by atoms with Gasteiger partial charge in [0.1, 0.15) is 5.75 Å². The number of carbonyl (C=O) groups excluding carboxylic acids is 1. The molecule has 92 valence electrons. The summed E-state index contributed by atoms with van der Waals surface area (Å²) in [5.41, 5.74) is 2.58. The average Bonchev–Trinajstić information content (AvgIpc) is 2.72. The molecule has 6 heteroatoms. The largest absolute Gasteiger partial charge is 0.484 e. The Bertz CT molecular complexity index is 420. The van der Waals surface area contributed by atoms with Gasteiger partial charge in [0.05, 0.1) is 0 Å². The summed E-state index contributed by atoms with van der Waals surface area (Å²) in [4.78, 5) is 11.3. The molecule has 0 fully saturated rings. The molecule has 0 unspecified atom stereocenters. The highest BCUT2D eigenvalue weighted by Crippen LogP contribution is 2.34. The highest BCUT2D eigenvalue weighted by atomic mass is 16.7. The summed E-state index contributed by atoms with van der Waals surface area (Å²) in [5, 5.41) is 1.56. The number of carbonyl (C=O) groups is 1. The first kappa shape index (κ1) is 11.5. The van der Waals surface area contributed by atoms with Crippen LogP contribution in [0.2, 0.25) is 0 Å². The van der Waals surface area contributed by atoms with Gasteiger partial charge in [-0.1, -0.05) is 0 Å². The van der Waals surface area contributed by atoms with E-state index in [2.05, 4.69) is 5.43 Å². The third-order valence-corrected chi connectivity index (χ3v) is 2.06. The van der Waals surface area contributed by atoms with Crippen LogP contribution in [0.15, 0.2) is 18.2 Å². The van der Waals surface area contributed by atoms with E-state index < -0.39 is 0 Å². The molecule has 1 heterocycles. The molecule has 2 rings (SSSR count). The van der Waals surface area contributed by atoms with Crippen LogP contribution in [0.4, 0.5) is 0 Å². The molecule has 0 radical (unpaired) electrons. The molecule has 17 heavy (non-hydrogen) atoms. The first-order chi connectivity index (χ1) is 8.15. The lowest BCUT2D eigenvalue weighted by atomic mass is 10.3. The van der Waals surface area contributed by atoms with Gasteiger partial charge >= 0.3 is 0 Å². The van der Waals surface area contributed by atoms with Crippen LogP contribution in [0, 0.1) is 0 Å². The third kappa shape index (κ3) is 3.01. The second-order valence-corrected chi connectivity index (χ2v) is 3.73. The van der Waals surface area contributed by atoms with Crippen molar-refractivity contribution in [2.24, 2.45) is 0 Å². The minimum absolute atomic E-state index is 0.0438. The smallest absolute Gasteiger partial charge is 0.272 e. The number of nitrogens with zero attached hydrogens (tertiary/aromatic N) is 1. The van der Waals surface area contributed by atoms with E-state index in [-0.39, 0.29) is 19.3 Å². The maximum atomic E-state index is 11.3. The standard InChI is InChI=1S/C11H14N2O4/c1-13(2)12-11(14)6-15-8-3-4-9-10(5-8)17-7-16-9/h3-5H,6-7H2,1-2H3,(H,12,14). The van der Waals surface area contributed by atoms with Crippen LogP contribution in [0.5, 0.6) is 17.2 Å². The number of rotatable bonds is 4. The van der Waals surface area contributed by atoms with Gasteiger partial charge in [-0.2, -0.15) is 0 Å². The van der Waals surface area contributed by atoms with Crippen LogP contribution in [-0.4, -0.2) is 38.4 Å². The maximum Gasteiger partial charge on any atom is 0.272 e. The van der Waals surface area contributed by atoms with Crippen LogP contribution in [0.1, 0.15) is 0 Å². The van der Waals surface area contributed by atoms with Gasteiger partial charge in [0.2, 0.25) is 6.79 Å². The first-order valence-corrected chi connectivity index (χ1v) is 5.14. The Morgan fingerprint density at radius 1 is 1.41 bits per heavy atom. The highest BCUT2D eigenvalue weighted by Gasteiger charge is 2.14. The minimum atomic E-state index is -0.215. The van der Waals surface area contributed by atoms with Gasteiger partial charge in [0.15, 0.2) is 18.1 Å².